The molecule has 0 aromatic carbocycles. The van der Waals surface area contributed by atoms with Crippen LogP contribution in [0.15, 0.2) is 0 Å². The molecular formula is C16H32N2O2S. The second-order valence-electron chi connectivity index (χ2n) is 7.63. The Hall–Kier alpha value is -0.260. The van der Waals surface area contributed by atoms with Crippen molar-refractivity contribution in [3.05, 3.63) is 0 Å². The highest BCUT2D eigenvalue weighted by molar-refractivity contribution is 7.59. The van der Waals surface area contributed by atoms with Gasteiger partial charge in [-0.25, -0.2) is 0 Å². The summed E-state index contributed by atoms with van der Waals surface area (Å²) in [4.78, 5) is 16.5. The molecule has 1 atom stereocenters. The Morgan fingerprint density at radius 3 is 2.33 bits per heavy atom. The van der Waals surface area contributed by atoms with Gasteiger partial charge in [0.05, 0.1) is 5.60 Å². The Balaban J connectivity index is 0.00000220. The minimum atomic E-state index is -0.280. The molecule has 124 valence electrons. The summed E-state index contributed by atoms with van der Waals surface area (Å²) in [5.74, 6) is 0.148. The van der Waals surface area contributed by atoms with E-state index in [2.05, 4.69) is 32.6 Å². The fourth-order valence-corrected chi connectivity index (χ4v) is 3.48. The largest absolute Gasteiger partial charge is 0.360 e. The van der Waals surface area contributed by atoms with Gasteiger partial charge in [0.1, 0.15) is 6.10 Å². The lowest BCUT2D eigenvalue weighted by Crippen LogP contribution is -2.61. The molecule has 0 aliphatic carbocycles. The number of hydrogen-bond donors (Lipinski definition) is 0. The lowest BCUT2D eigenvalue weighted by atomic mass is 9.87. The number of piperidine rings is 1. The third-order valence-electron chi connectivity index (χ3n) is 4.41. The molecule has 0 unspecified atom stereocenters. The number of ether oxygens (including phenoxy) is 1. The summed E-state index contributed by atoms with van der Waals surface area (Å²) in [5, 5.41) is 0. The van der Waals surface area contributed by atoms with E-state index in [1.54, 1.807) is 0 Å². The highest BCUT2D eigenvalue weighted by Gasteiger charge is 2.44. The Morgan fingerprint density at radius 2 is 1.86 bits per heavy atom. The first-order chi connectivity index (χ1) is 9.25. The SMILES string of the molecule is CCN1CC2(CCN(CC(C)(C)C)CC2)O[C@@H](C)C1=O.S. The van der Waals surface area contributed by atoms with Crippen molar-refractivity contribution in [2.75, 3.05) is 32.7 Å². The van der Waals surface area contributed by atoms with E-state index in [1.165, 1.54) is 0 Å². The number of rotatable bonds is 2. The van der Waals surface area contributed by atoms with Crippen LogP contribution in [-0.4, -0.2) is 60.1 Å². The molecule has 2 heterocycles. The summed E-state index contributed by atoms with van der Waals surface area (Å²) in [6.07, 6.45) is 1.80. The van der Waals surface area contributed by atoms with Gasteiger partial charge in [0.25, 0.3) is 5.91 Å². The van der Waals surface area contributed by atoms with Crippen molar-refractivity contribution in [2.24, 2.45) is 5.41 Å². The molecule has 2 aliphatic heterocycles. The summed E-state index contributed by atoms with van der Waals surface area (Å²) in [6.45, 7) is 15.7. The van der Waals surface area contributed by atoms with Gasteiger partial charge >= 0.3 is 0 Å². The molecule has 0 aromatic heterocycles. The number of likely N-dealkylation sites (N-methyl/N-ethyl adjacent to an activating group) is 1. The lowest BCUT2D eigenvalue weighted by molar-refractivity contribution is -0.189. The maximum absolute atomic E-state index is 12.0. The molecule has 21 heavy (non-hydrogen) atoms. The molecular weight excluding hydrogens is 284 g/mol. The first-order valence-electron chi connectivity index (χ1n) is 7.94. The van der Waals surface area contributed by atoms with Crippen molar-refractivity contribution in [3.63, 3.8) is 0 Å². The first-order valence-corrected chi connectivity index (χ1v) is 7.94. The minimum absolute atomic E-state index is 0. The molecule has 1 spiro atoms. The minimum Gasteiger partial charge on any atom is -0.360 e. The van der Waals surface area contributed by atoms with E-state index < -0.39 is 0 Å². The summed E-state index contributed by atoms with van der Waals surface area (Å²) < 4.78 is 6.12. The predicted octanol–water partition coefficient (Wildman–Crippen LogP) is 2.25. The predicted molar refractivity (Wildman–Crippen MR) is 91.0 cm³/mol. The Kier molecular flexibility index (Phi) is 6.16. The maximum atomic E-state index is 12.0. The highest BCUT2D eigenvalue weighted by atomic mass is 32.1. The fourth-order valence-electron chi connectivity index (χ4n) is 3.48. The number of hydrogen-bond acceptors (Lipinski definition) is 3. The second-order valence-corrected chi connectivity index (χ2v) is 7.63. The summed E-state index contributed by atoms with van der Waals surface area (Å²) in [6, 6.07) is 0. The normalized spacial score (nSPS) is 26.8. The number of morpholine rings is 1. The fraction of sp³-hybridized carbons (Fsp3) is 0.938. The Morgan fingerprint density at radius 1 is 1.29 bits per heavy atom. The summed E-state index contributed by atoms with van der Waals surface area (Å²) in [5.41, 5.74) is 0.244. The van der Waals surface area contributed by atoms with Crippen LogP contribution in [0, 0.1) is 5.41 Å². The van der Waals surface area contributed by atoms with Crippen LogP contribution >= 0.6 is 13.5 Å². The Labute approximate surface area is 136 Å². The molecule has 2 saturated heterocycles. The van der Waals surface area contributed by atoms with Crippen molar-refractivity contribution in [1.29, 1.82) is 0 Å². The number of nitrogens with zero attached hydrogens (tertiary/aromatic N) is 2. The molecule has 2 rings (SSSR count). The van der Waals surface area contributed by atoms with Gasteiger partial charge < -0.3 is 14.5 Å². The van der Waals surface area contributed by atoms with Gasteiger partial charge in [-0.15, -0.1) is 0 Å². The monoisotopic (exact) mass is 316 g/mol. The zero-order valence-electron chi connectivity index (χ0n) is 14.2. The topological polar surface area (TPSA) is 32.8 Å². The van der Waals surface area contributed by atoms with Crippen molar-refractivity contribution >= 4 is 19.4 Å². The molecule has 0 N–H and O–H groups in total. The van der Waals surface area contributed by atoms with Gasteiger partial charge in [0, 0.05) is 32.7 Å². The maximum Gasteiger partial charge on any atom is 0.251 e. The lowest BCUT2D eigenvalue weighted by Gasteiger charge is -2.49. The van der Waals surface area contributed by atoms with Crippen molar-refractivity contribution in [2.45, 2.75) is 59.2 Å². The average Bonchev–Trinajstić information content (AvgIpc) is 2.35. The van der Waals surface area contributed by atoms with Crippen LogP contribution in [0.5, 0.6) is 0 Å². The molecule has 1 amide bonds. The van der Waals surface area contributed by atoms with Crippen LogP contribution in [0.2, 0.25) is 0 Å². The van der Waals surface area contributed by atoms with Gasteiger partial charge in [-0.2, -0.15) is 13.5 Å². The highest BCUT2D eigenvalue weighted by Crippen LogP contribution is 2.33. The molecule has 0 radical (unpaired) electrons. The number of amides is 1. The second kappa shape index (κ2) is 6.88. The van der Waals surface area contributed by atoms with Gasteiger partial charge in [0.15, 0.2) is 0 Å². The third kappa shape index (κ3) is 4.60. The summed E-state index contributed by atoms with van der Waals surface area (Å²) >= 11 is 0. The van der Waals surface area contributed by atoms with Crippen LogP contribution in [0.3, 0.4) is 0 Å². The van der Waals surface area contributed by atoms with E-state index in [1.807, 2.05) is 11.8 Å². The number of carbonyl (C=O) groups excluding carboxylic acids is 1. The molecule has 2 aliphatic rings. The quantitative estimate of drug-likeness (QED) is 0.783. The van der Waals surface area contributed by atoms with Crippen LogP contribution < -0.4 is 0 Å². The van der Waals surface area contributed by atoms with Crippen LogP contribution in [0.4, 0.5) is 0 Å². The Bertz CT molecular complexity index is 360. The van der Waals surface area contributed by atoms with Crippen molar-refractivity contribution in [3.8, 4) is 0 Å². The molecule has 4 nitrogen and oxygen atoms in total. The average molecular weight is 317 g/mol. The standard InChI is InChI=1S/C16H30N2O2.H2S/c1-6-18-12-16(20-13(2)14(18)19)7-9-17(10-8-16)11-15(3,4)5;/h13H,6-12H2,1-5H3;1H2/t13-;/m0./s1. The van der Waals surface area contributed by atoms with E-state index in [9.17, 15) is 4.79 Å². The molecule has 0 saturated carbocycles. The first kappa shape index (κ1) is 18.8. The van der Waals surface area contributed by atoms with Gasteiger partial charge in [-0.1, -0.05) is 20.8 Å². The third-order valence-corrected chi connectivity index (χ3v) is 4.41. The summed E-state index contributed by atoms with van der Waals surface area (Å²) in [7, 11) is 0. The number of carbonyl (C=O) groups is 1. The number of likely N-dealkylation sites (tertiary alicyclic amines) is 1. The van der Waals surface area contributed by atoms with Crippen LogP contribution in [0.1, 0.15) is 47.5 Å². The molecule has 0 aromatic rings. The van der Waals surface area contributed by atoms with E-state index in [0.717, 1.165) is 45.6 Å². The van der Waals surface area contributed by atoms with E-state index >= 15 is 0 Å². The zero-order chi connectivity index (χ0) is 15.0. The van der Waals surface area contributed by atoms with Gasteiger partial charge in [-0.3, -0.25) is 4.79 Å². The van der Waals surface area contributed by atoms with E-state index in [-0.39, 0.29) is 31.1 Å². The van der Waals surface area contributed by atoms with Gasteiger partial charge in [0.2, 0.25) is 0 Å². The van der Waals surface area contributed by atoms with Crippen LogP contribution in [-0.2, 0) is 9.53 Å². The molecule has 0 bridgehead atoms. The van der Waals surface area contributed by atoms with Crippen LogP contribution in [0.25, 0.3) is 0 Å². The molecule has 2 fully saturated rings. The van der Waals surface area contributed by atoms with Crippen molar-refractivity contribution in [1.82, 2.24) is 9.80 Å². The smallest absolute Gasteiger partial charge is 0.251 e. The van der Waals surface area contributed by atoms with Gasteiger partial charge in [-0.05, 0) is 32.1 Å². The van der Waals surface area contributed by atoms with E-state index in [0.29, 0.717) is 5.41 Å². The van der Waals surface area contributed by atoms with Crippen molar-refractivity contribution < 1.29 is 9.53 Å². The molecule has 5 heteroatoms. The van der Waals surface area contributed by atoms with E-state index in [4.69, 9.17) is 4.74 Å². The zero-order valence-corrected chi connectivity index (χ0v) is 15.2.